The SMILES string of the molecule is CCS(=O)(=O)c1ccc(CN=C(N)Nc2ccc3c(c2)OCCCO3)cc1. The lowest BCUT2D eigenvalue weighted by molar-refractivity contribution is 0.297. The number of rotatable bonds is 5. The summed E-state index contributed by atoms with van der Waals surface area (Å²) >= 11 is 0. The van der Waals surface area contributed by atoms with E-state index in [1.807, 2.05) is 18.2 Å². The zero-order chi connectivity index (χ0) is 19.3. The van der Waals surface area contributed by atoms with Crippen molar-refractivity contribution in [2.45, 2.75) is 24.8 Å². The molecule has 8 heteroatoms. The van der Waals surface area contributed by atoms with Gasteiger partial charge in [-0.05, 0) is 29.8 Å². The maximum atomic E-state index is 11.8. The molecule has 0 bridgehead atoms. The number of hydrogen-bond acceptors (Lipinski definition) is 5. The fourth-order valence-electron chi connectivity index (χ4n) is 2.57. The van der Waals surface area contributed by atoms with Gasteiger partial charge in [0, 0.05) is 18.2 Å². The Bertz CT molecular complexity index is 924. The van der Waals surface area contributed by atoms with E-state index < -0.39 is 9.84 Å². The summed E-state index contributed by atoms with van der Waals surface area (Å²) in [6.45, 7) is 3.22. The molecule has 0 radical (unpaired) electrons. The molecule has 0 aliphatic carbocycles. The summed E-state index contributed by atoms with van der Waals surface area (Å²) in [4.78, 5) is 4.61. The molecule has 3 rings (SSSR count). The van der Waals surface area contributed by atoms with Crippen molar-refractivity contribution in [3.63, 3.8) is 0 Å². The van der Waals surface area contributed by atoms with Gasteiger partial charge in [-0.1, -0.05) is 19.1 Å². The molecule has 144 valence electrons. The van der Waals surface area contributed by atoms with Gasteiger partial charge in [0.2, 0.25) is 0 Å². The van der Waals surface area contributed by atoms with Crippen molar-refractivity contribution in [2.75, 3.05) is 24.3 Å². The van der Waals surface area contributed by atoms with Gasteiger partial charge in [-0.2, -0.15) is 0 Å². The number of nitrogens with two attached hydrogens (primary N) is 1. The van der Waals surface area contributed by atoms with Gasteiger partial charge < -0.3 is 20.5 Å². The van der Waals surface area contributed by atoms with Gasteiger partial charge in [-0.3, -0.25) is 0 Å². The normalized spacial score (nSPS) is 14.5. The van der Waals surface area contributed by atoms with Crippen LogP contribution in [0.2, 0.25) is 0 Å². The number of hydrogen-bond donors (Lipinski definition) is 2. The summed E-state index contributed by atoms with van der Waals surface area (Å²) in [6, 6.07) is 12.2. The summed E-state index contributed by atoms with van der Waals surface area (Å²) in [6.07, 6.45) is 0.847. The maximum absolute atomic E-state index is 11.8. The Morgan fingerprint density at radius 1 is 1.11 bits per heavy atom. The molecule has 1 aliphatic rings. The molecule has 0 saturated carbocycles. The fourth-order valence-corrected chi connectivity index (χ4v) is 3.46. The Balaban J connectivity index is 1.64. The zero-order valence-corrected chi connectivity index (χ0v) is 16.0. The van der Waals surface area contributed by atoms with Crippen molar-refractivity contribution in [1.29, 1.82) is 0 Å². The number of nitrogens with zero attached hydrogens (tertiary/aromatic N) is 1. The van der Waals surface area contributed by atoms with E-state index in [0.717, 1.165) is 23.4 Å². The number of aliphatic imine (C=N–C) groups is 1. The van der Waals surface area contributed by atoms with Crippen molar-refractivity contribution in [2.24, 2.45) is 10.7 Å². The highest BCUT2D eigenvalue weighted by Crippen LogP contribution is 2.32. The van der Waals surface area contributed by atoms with Crippen LogP contribution in [0.3, 0.4) is 0 Å². The highest BCUT2D eigenvalue weighted by Gasteiger charge is 2.12. The first-order valence-corrected chi connectivity index (χ1v) is 10.4. The number of nitrogens with one attached hydrogen (secondary N) is 1. The van der Waals surface area contributed by atoms with Crippen LogP contribution in [-0.4, -0.2) is 33.3 Å². The number of ether oxygens (including phenoxy) is 2. The Labute approximate surface area is 159 Å². The summed E-state index contributed by atoms with van der Waals surface area (Å²) in [7, 11) is -3.19. The molecule has 0 spiro atoms. The van der Waals surface area contributed by atoms with Crippen LogP contribution in [0.15, 0.2) is 52.4 Å². The monoisotopic (exact) mass is 389 g/mol. The van der Waals surface area contributed by atoms with E-state index in [1.54, 1.807) is 31.2 Å². The van der Waals surface area contributed by atoms with Crippen molar-refractivity contribution >= 4 is 21.5 Å². The Hall–Kier alpha value is -2.74. The second kappa shape index (κ2) is 8.30. The van der Waals surface area contributed by atoms with Crippen LogP contribution in [0, 0.1) is 0 Å². The number of benzene rings is 2. The van der Waals surface area contributed by atoms with E-state index in [2.05, 4.69) is 10.3 Å². The van der Waals surface area contributed by atoms with Gasteiger partial charge in [-0.25, -0.2) is 13.4 Å². The van der Waals surface area contributed by atoms with Crippen molar-refractivity contribution in [1.82, 2.24) is 0 Å². The summed E-state index contributed by atoms with van der Waals surface area (Å²) in [5.41, 5.74) is 7.58. The van der Waals surface area contributed by atoms with E-state index in [0.29, 0.717) is 30.4 Å². The average molecular weight is 389 g/mol. The third-order valence-electron chi connectivity index (χ3n) is 4.11. The lowest BCUT2D eigenvalue weighted by atomic mass is 10.2. The minimum absolute atomic E-state index is 0.0803. The van der Waals surface area contributed by atoms with Crippen LogP contribution in [-0.2, 0) is 16.4 Å². The molecule has 0 unspecified atom stereocenters. The van der Waals surface area contributed by atoms with Crippen molar-refractivity contribution < 1.29 is 17.9 Å². The van der Waals surface area contributed by atoms with Gasteiger partial charge in [0.15, 0.2) is 27.3 Å². The Kier molecular flexibility index (Phi) is 5.85. The topological polar surface area (TPSA) is 103 Å². The Morgan fingerprint density at radius 3 is 2.52 bits per heavy atom. The maximum Gasteiger partial charge on any atom is 0.193 e. The molecule has 0 aromatic heterocycles. The molecule has 2 aromatic carbocycles. The predicted molar refractivity (Wildman–Crippen MR) is 105 cm³/mol. The van der Waals surface area contributed by atoms with Crippen LogP contribution < -0.4 is 20.5 Å². The minimum atomic E-state index is -3.19. The van der Waals surface area contributed by atoms with Gasteiger partial charge in [0.25, 0.3) is 0 Å². The van der Waals surface area contributed by atoms with Crippen LogP contribution in [0.5, 0.6) is 11.5 Å². The van der Waals surface area contributed by atoms with E-state index in [1.165, 1.54) is 0 Å². The molecule has 0 fully saturated rings. The molecular weight excluding hydrogens is 366 g/mol. The van der Waals surface area contributed by atoms with Gasteiger partial charge in [0.05, 0.1) is 30.4 Å². The second-order valence-corrected chi connectivity index (χ2v) is 8.36. The highest BCUT2D eigenvalue weighted by atomic mass is 32.2. The predicted octanol–water partition coefficient (Wildman–Crippen LogP) is 2.57. The molecule has 0 amide bonds. The van der Waals surface area contributed by atoms with E-state index in [9.17, 15) is 8.42 Å². The summed E-state index contributed by atoms with van der Waals surface area (Å²) < 4.78 is 34.9. The molecule has 7 nitrogen and oxygen atoms in total. The smallest absolute Gasteiger partial charge is 0.193 e. The van der Waals surface area contributed by atoms with Gasteiger partial charge in [-0.15, -0.1) is 0 Å². The van der Waals surface area contributed by atoms with E-state index in [4.69, 9.17) is 15.2 Å². The first kappa shape index (κ1) is 19.0. The molecule has 2 aromatic rings. The molecular formula is C19H23N3O4S. The molecule has 0 atom stereocenters. The number of anilines is 1. The van der Waals surface area contributed by atoms with Crippen LogP contribution in [0.25, 0.3) is 0 Å². The average Bonchev–Trinajstić information content (AvgIpc) is 2.91. The highest BCUT2D eigenvalue weighted by molar-refractivity contribution is 7.91. The number of guanidine groups is 1. The molecule has 1 aliphatic heterocycles. The number of fused-ring (bicyclic) bond motifs is 1. The van der Waals surface area contributed by atoms with Gasteiger partial charge in [0.1, 0.15) is 0 Å². The van der Waals surface area contributed by atoms with Crippen molar-refractivity contribution in [3.8, 4) is 11.5 Å². The van der Waals surface area contributed by atoms with E-state index >= 15 is 0 Å². The lowest BCUT2D eigenvalue weighted by Gasteiger charge is -2.11. The molecule has 3 N–H and O–H groups in total. The zero-order valence-electron chi connectivity index (χ0n) is 15.1. The van der Waals surface area contributed by atoms with Crippen LogP contribution in [0.4, 0.5) is 5.69 Å². The first-order chi connectivity index (χ1) is 13.0. The minimum Gasteiger partial charge on any atom is -0.490 e. The van der Waals surface area contributed by atoms with Crippen LogP contribution >= 0.6 is 0 Å². The third-order valence-corrected chi connectivity index (χ3v) is 5.86. The summed E-state index contributed by atoms with van der Waals surface area (Å²) in [5.74, 6) is 1.74. The molecule has 27 heavy (non-hydrogen) atoms. The Morgan fingerprint density at radius 2 is 1.81 bits per heavy atom. The van der Waals surface area contributed by atoms with Gasteiger partial charge >= 0.3 is 0 Å². The standard InChI is InChI=1S/C19H23N3O4S/c1-2-27(23,24)16-7-4-14(5-8-16)13-21-19(20)22-15-6-9-17-18(12-15)26-11-3-10-25-17/h4-9,12H,2-3,10-11,13H2,1H3,(H3,20,21,22). The molecule has 0 saturated heterocycles. The number of sulfone groups is 1. The molecule has 1 heterocycles. The van der Waals surface area contributed by atoms with E-state index in [-0.39, 0.29) is 11.7 Å². The third kappa shape index (κ3) is 4.91. The lowest BCUT2D eigenvalue weighted by Crippen LogP contribution is -2.22. The second-order valence-electron chi connectivity index (χ2n) is 6.09. The summed E-state index contributed by atoms with van der Waals surface area (Å²) in [5, 5.41) is 3.02. The van der Waals surface area contributed by atoms with Crippen molar-refractivity contribution in [3.05, 3.63) is 48.0 Å². The first-order valence-electron chi connectivity index (χ1n) is 8.76. The quantitative estimate of drug-likeness (QED) is 0.602. The van der Waals surface area contributed by atoms with Crippen LogP contribution in [0.1, 0.15) is 18.9 Å². The largest absolute Gasteiger partial charge is 0.490 e. The fraction of sp³-hybridized carbons (Fsp3) is 0.316.